The van der Waals surface area contributed by atoms with Gasteiger partial charge in [0.2, 0.25) is 12.0 Å². The number of hydrogen-bond donors (Lipinski definition) is 0. The Bertz CT molecular complexity index is 695. The second-order valence-electron chi connectivity index (χ2n) is 5.79. The third-order valence-electron chi connectivity index (χ3n) is 3.79. The van der Waals surface area contributed by atoms with Gasteiger partial charge in [-0.25, -0.2) is 9.78 Å². The van der Waals surface area contributed by atoms with Crippen LogP contribution in [0.5, 0.6) is 5.75 Å². The molecule has 0 bridgehead atoms. The number of carbonyl (C=O) groups is 1. The number of hydrogen-bond acceptors (Lipinski definition) is 6. The molecule has 0 fully saturated rings. The fourth-order valence-corrected chi connectivity index (χ4v) is 2.54. The highest BCUT2D eigenvalue weighted by Crippen LogP contribution is 2.34. The Hall–Kier alpha value is -2.50. The number of rotatable bonds is 4. The van der Waals surface area contributed by atoms with Gasteiger partial charge < -0.3 is 18.8 Å². The molecule has 6 heteroatoms. The Kier molecular flexibility index (Phi) is 4.23. The summed E-state index contributed by atoms with van der Waals surface area (Å²) in [7, 11) is 1.36. The average Bonchev–Trinajstić information content (AvgIpc) is 3.03. The zero-order valence-electron chi connectivity index (χ0n) is 13.5. The summed E-state index contributed by atoms with van der Waals surface area (Å²) in [6.45, 7) is 4.98. The molecule has 2 heterocycles. The van der Waals surface area contributed by atoms with E-state index in [1.54, 1.807) is 6.20 Å². The van der Waals surface area contributed by atoms with E-state index in [-0.39, 0.29) is 11.9 Å². The fourth-order valence-electron chi connectivity index (χ4n) is 2.54. The zero-order chi connectivity index (χ0) is 16.4. The average molecular weight is 316 g/mol. The summed E-state index contributed by atoms with van der Waals surface area (Å²) < 4.78 is 16.3. The Labute approximate surface area is 135 Å². The number of nitrogens with zero attached hydrogens (tertiary/aromatic N) is 2. The van der Waals surface area contributed by atoms with Crippen LogP contribution in [0, 0.1) is 0 Å². The number of anilines is 1. The van der Waals surface area contributed by atoms with Crippen molar-refractivity contribution in [3.63, 3.8) is 0 Å². The first kappa shape index (κ1) is 15.4. The van der Waals surface area contributed by atoms with Gasteiger partial charge >= 0.3 is 5.97 Å². The third kappa shape index (κ3) is 3.16. The predicted molar refractivity (Wildman–Crippen MR) is 84.5 cm³/mol. The Balaban J connectivity index is 1.85. The molecular weight excluding hydrogens is 296 g/mol. The van der Waals surface area contributed by atoms with E-state index in [0.29, 0.717) is 24.7 Å². The number of esters is 1. The van der Waals surface area contributed by atoms with Crippen LogP contribution in [0.15, 0.2) is 34.9 Å². The molecule has 0 aliphatic carbocycles. The van der Waals surface area contributed by atoms with Crippen molar-refractivity contribution >= 4 is 11.7 Å². The normalized spacial score (nSPS) is 16.9. The van der Waals surface area contributed by atoms with Crippen LogP contribution in [0.4, 0.5) is 5.69 Å². The lowest BCUT2D eigenvalue weighted by molar-refractivity contribution is -0.148. The number of para-hydroxylation sites is 2. The molecule has 0 saturated carbocycles. The van der Waals surface area contributed by atoms with Crippen molar-refractivity contribution < 1.29 is 18.7 Å². The minimum Gasteiger partial charge on any atom is -0.475 e. The Morgan fingerprint density at radius 2 is 2.22 bits per heavy atom. The number of fused-ring (bicyclic) bond motifs is 1. The molecule has 0 saturated heterocycles. The zero-order valence-corrected chi connectivity index (χ0v) is 13.5. The molecule has 0 N–H and O–H groups in total. The van der Waals surface area contributed by atoms with Crippen LogP contribution in [0.25, 0.3) is 0 Å². The molecule has 1 aliphatic rings. The SMILES string of the molecule is COC(=O)C1CN(Cc2ncc(C(C)C)o2)c2ccccc2O1. The molecule has 2 aromatic rings. The van der Waals surface area contributed by atoms with Crippen molar-refractivity contribution in [3.05, 3.63) is 42.1 Å². The Morgan fingerprint density at radius 1 is 1.43 bits per heavy atom. The van der Waals surface area contributed by atoms with E-state index in [1.165, 1.54) is 7.11 Å². The number of carbonyl (C=O) groups excluding carboxylic acids is 1. The van der Waals surface area contributed by atoms with Crippen molar-refractivity contribution in [2.75, 3.05) is 18.6 Å². The van der Waals surface area contributed by atoms with Gasteiger partial charge in [-0.05, 0) is 12.1 Å². The molecule has 0 amide bonds. The van der Waals surface area contributed by atoms with Gasteiger partial charge in [0.05, 0.1) is 32.1 Å². The number of ether oxygens (including phenoxy) is 2. The van der Waals surface area contributed by atoms with E-state index < -0.39 is 6.10 Å². The van der Waals surface area contributed by atoms with Crippen molar-refractivity contribution in [2.45, 2.75) is 32.4 Å². The minimum atomic E-state index is -0.658. The summed E-state index contributed by atoms with van der Waals surface area (Å²) >= 11 is 0. The van der Waals surface area contributed by atoms with E-state index >= 15 is 0 Å². The molecule has 0 spiro atoms. The minimum absolute atomic E-state index is 0.288. The third-order valence-corrected chi connectivity index (χ3v) is 3.79. The summed E-state index contributed by atoms with van der Waals surface area (Å²) in [6, 6.07) is 7.60. The first-order valence-electron chi connectivity index (χ1n) is 7.61. The number of aromatic nitrogens is 1. The van der Waals surface area contributed by atoms with Crippen LogP contribution in [-0.2, 0) is 16.1 Å². The molecule has 1 aromatic heterocycles. The van der Waals surface area contributed by atoms with Crippen molar-refractivity contribution in [1.82, 2.24) is 4.98 Å². The molecule has 6 nitrogen and oxygen atoms in total. The van der Waals surface area contributed by atoms with Crippen LogP contribution in [0.2, 0.25) is 0 Å². The van der Waals surface area contributed by atoms with Crippen molar-refractivity contribution in [1.29, 1.82) is 0 Å². The van der Waals surface area contributed by atoms with Crippen molar-refractivity contribution in [2.24, 2.45) is 0 Å². The Morgan fingerprint density at radius 3 is 2.91 bits per heavy atom. The van der Waals surface area contributed by atoms with Crippen LogP contribution in [0.1, 0.15) is 31.4 Å². The van der Waals surface area contributed by atoms with E-state index in [9.17, 15) is 4.79 Å². The number of benzene rings is 1. The van der Waals surface area contributed by atoms with Gasteiger partial charge in [0.15, 0.2) is 0 Å². The van der Waals surface area contributed by atoms with Gasteiger partial charge in [-0.2, -0.15) is 0 Å². The van der Waals surface area contributed by atoms with Crippen molar-refractivity contribution in [3.8, 4) is 5.75 Å². The van der Waals surface area contributed by atoms with Crippen LogP contribution >= 0.6 is 0 Å². The van der Waals surface area contributed by atoms with E-state index in [1.807, 2.05) is 29.2 Å². The first-order chi connectivity index (χ1) is 11.1. The lowest BCUT2D eigenvalue weighted by Gasteiger charge is -2.34. The van der Waals surface area contributed by atoms with Gasteiger partial charge in [-0.1, -0.05) is 26.0 Å². The van der Waals surface area contributed by atoms with Gasteiger partial charge in [0, 0.05) is 5.92 Å². The molecule has 1 unspecified atom stereocenters. The molecule has 0 radical (unpaired) electrons. The monoisotopic (exact) mass is 316 g/mol. The molecule has 1 aromatic carbocycles. The maximum Gasteiger partial charge on any atom is 0.348 e. The van der Waals surface area contributed by atoms with Crippen LogP contribution < -0.4 is 9.64 Å². The summed E-state index contributed by atoms with van der Waals surface area (Å²) in [5.74, 6) is 2.03. The van der Waals surface area contributed by atoms with Crippen LogP contribution in [0.3, 0.4) is 0 Å². The molecule has 3 rings (SSSR count). The quantitative estimate of drug-likeness (QED) is 0.808. The summed E-state index contributed by atoms with van der Waals surface area (Å²) in [4.78, 5) is 18.2. The highest BCUT2D eigenvalue weighted by Gasteiger charge is 2.32. The van der Waals surface area contributed by atoms with Gasteiger partial charge in [0.1, 0.15) is 11.5 Å². The van der Waals surface area contributed by atoms with E-state index in [2.05, 4.69) is 18.8 Å². The number of oxazole rings is 1. The maximum atomic E-state index is 11.9. The first-order valence-corrected chi connectivity index (χ1v) is 7.61. The summed E-state index contributed by atoms with van der Waals surface area (Å²) in [5.41, 5.74) is 0.914. The predicted octanol–water partition coefficient (Wildman–Crippen LogP) is 2.74. The smallest absolute Gasteiger partial charge is 0.348 e. The highest BCUT2D eigenvalue weighted by atomic mass is 16.6. The summed E-state index contributed by atoms with van der Waals surface area (Å²) in [6.07, 6.45) is 1.10. The highest BCUT2D eigenvalue weighted by molar-refractivity contribution is 5.78. The molecule has 23 heavy (non-hydrogen) atoms. The molecule has 1 aliphatic heterocycles. The van der Waals surface area contributed by atoms with Crippen LogP contribution in [-0.4, -0.2) is 30.7 Å². The standard InChI is InChI=1S/C17H20N2O4/c1-11(2)14-8-18-16(23-14)10-19-9-15(17(20)21-3)22-13-7-5-4-6-12(13)19/h4-8,11,15H,9-10H2,1-3H3. The summed E-state index contributed by atoms with van der Waals surface area (Å²) in [5, 5.41) is 0. The lowest BCUT2D eigenvalue weighted by atomic mass is 10.2. The molecular formula is C17H20N2O4. The maximum absolute atomic E-state index is 11.9. The van der Waals surface area contributed by atoms with E-state index in [0.717, 1.165) is 11.4 Å². The topological polar surface area (TPSA) is 64.8 Å². The number of methoxy groups -OCH3 is 1. The molecule has 1 atom stereocenters. The largest absolute Gasteiger partial charge is 0.475 e. The molecule has 122 valence electrons. The van der Waals surface area contributed by atoms with Gasteiger partial charge in [-0.15, -0.1) is 0 Å². The van der Waals surface area contributed by atoms with Gasteiger partial charge in [-0.3, -0.25) is 0 Å². The second-order valence-corrected chi connectivity index (χ2v) is 5.79. The van der Waals surface area contributed by atoms with Gasteiger partial charge in [0.25, 0.3) is 0 Å². The second kappa shape index (κ2) is 6.32. The fraction of sp³-hybridized carbons (Fsp3) is 0.412. The lowest BCUT2D eigenvalue weighted by Crippen LogP contribution is -2.44. The van der Waals surface area contributed by atoms with E-state index in [4.69, 9.17) is 13.9 Å².